The van der Waals surface area contributed by atoms with E-state index in [1.807, 2.05) is 24.3 Å². The van der Waals surface area contributed by atoms with Gasteiger partial charge in [0.1, 0.15) is 22.3 Å². The Morgan fingerprint density at radius 1 is 0.234 bits per heavy atom. The minimum Gasteiger partial charge on any atom is -0.456 e. The number of benzene rings is 10. The second kappa shape index (κ2) is 15.7. The van der Waals surface area contributed by atoms with Crippen LogP contribution < -0.4 is 9.80 Å². The molecular weight excluding hydrogens is 781 g/mol. The number of hydrogen-bond acceptors (Lipinski definition) is 4. The second-order valence-electron chi connectivity index (χ2n) is 16.0. The van der Waals surface area contributed by atoms with Crippen molar-refractivity contribution >= 4 is 78.0 Å². The van der Waals surface area contributed by atoms with Crippen molar-refractivity contribution in [2.24, 2.45) is 0 Å². The standard InChI is InChI=1S/C60H40N2O2/c1-3-17-41(18-4-1)43-33-37-45(38-34-43)61(53-27-15-31-57-59(53)49-23-9-13-29-55(49)63-57)51-25-11-7-21-47(51)48-22-8-12-26-52(48)62(46-39-35-44(36-40-46)42-19-5-2-6-20-42)54-28-16-32-58-60(54)50-24-10-14-30-56(50)64-58/h1-40H. The van der Waals surface area contributed by atoms with Crippen LogP contribution in [0.5, 0.6) is 0 Å². The molecule has 0 aliphatic heterocycles. The van der Waals surface area contributed by atoms with Crippen LogP contribution in [0.2, 0.25) is 0 Å². The third-order valence-electron chi connectivity index (χ3n) is 12.3. The van der Waals surface area contributed by atoms with E-state index in [0.29, 0.717) is 0 Å². The van der Waals surface area contributed by atoms with Gasteiger partial charge in [0.05, 0.1) is 33.5 Å². The molecule has 2 heterocycles. The zero-order chi connectivity index (χ0) is 42.4. The predicted octanol–water partition coefficient (Wildman–Crippen LogP) is 17.4. The lowest BCUT2D eigenvalue weighted by atomic mass is 9.97. The quantitative estimate of drug-likeness (QED) is 0.145. The van der Waals surface area contributed by atoms with E-state index < -0.39 is 0 Å². The summed E-state index contributed by atoms with van der Waals surface area (Å²) in [5, 5.41) is 4.27. The molecule has 64 heavy (non-hydrogen) atoms. The van der Waals surface area contributed by atoms with Crippen LogP contribution in [-0.2, 0) is 0 Å². The van der Waals surface area contributed by atoms with Gasteiger partial charge >= 0.3 is 0 Å². The molecular formula is C60H40N2O2. The highest BCUT2D eigenvalue weighted by Crippen LogP contribution is 2.50. The summed E-state index contributed by atoms with van der Waals surface area (Å²) in [7, 11) is 0. The molecule has 0 atom stereocenters. The van der Waals surface area contributed by atoms with Gasteiger partial charge in [0.15, 0.2) is 0 Å². The van der Waals surface area contributed by atoms with E-state index in [9.17, 15) is 0 Å². The monoisotopic (exact) mass is 820 g/mol. The first kappa shape index (κ1) is 37.2. The van der Waals surface area contributed by atoms with Gasteiger partial charge in [-0.2, -0.15) is 0 Å². The summed E-state index contributed by atoms with van der Waals surface area (Å²) in [6.45, 7) is 0. The van der Waals surface area contributed by atoms with Gasteiger partial charge in [-0.05, 0) is 95.1 Å². The molecule has 0 N–H and O–H groups in total. The molecule has 12 rings (SSSR count). The summed E-state index contributed by atoms with van der Waals surface area (Å²) in [6.07, 6.45) is 0. The lowest BCUT2D eigenvalue weighted by Crippen LogP contribution is -2.14. The molecule has 302 valence electrons. The Morgan fingerprint density at radius 3 is 1.00 bits per heavy atom. The van der Waals surface area contributed by atoms with Gasteiger partial charge in [0.25, 0.3) is 0 Å². The van der Waals surface area contributed by atoms with Gasteiger partial charge in [-0.1, -0.05) is 170 Å². The molecule has 12 aromatic rings. The van der Waals surface area contributed by atoms with Crippen molar-refractivity contribution in [3.05, 3.63) is 243 Å². The molecule has 0 radical (unpaired) electrons. The SMILES string of the molecule is c1ccc(-c2ccc(N(c3ccccc3-c3ccccc3N(c3ccc(-c4ccccc4)cc3)c3cccc4oc5ccccc5c34)c3cccc4oc5ccccc5c34)cc2)cc1. The first-order valence-electron chi connectivity index (χ1n) is 21.7. The van der Waals surface area contributed by atoms with Crippen LogP contribution in [0, 0.1) is 0 Å². The molecule has 0 bridgehead atoms. The first-order chi connectivity index (χ1) is 31.8. The summed E-state index contributed by atoms with van der Waals surface area (Å²) in [6, 6.07) is 85.8. The van der Waals surface area contributed by atoms with Crippen molar-refractivity contribution < 1.29 is 8.83 Å². The molecule has 0 spiro atoms. The number of anilines is 6. The van der Waals surface area contributed by atoms with E-state index in [2.05, 4.69) is 228 Å². The van der Waals surface area contributed by atoms with Crippen molar-refractivity contribution in [2.45, 2.75) is 0 Å². The van der Waals surface area contributed by atoms with E-state index in [4.69, 9.17) is 8.83 Å². The molecule has 0 aliphatic carbocycles. The smallest absolute Gasteiger partial charge is 0.137 e. The molecule has 4 heteroatoms. The molecule has 4 nitrogen and oxygen atoms in total. The highest BCUT2D eigenvalue weighted by molar-refractivity contribution is 6.15. The number of furan rings is 2. The third-order valence-corrected chi connectivity index (χ3v) is 12.3. The van der Waals surface area contributed by atoms with Crippen molar-refractivity contribution in [3.8, 4) is 33.4 Å². The Kier molecular flexibility index (Phi) is 9.12. The Hall–Kier alpha value is -8.60. The fourth-order valence-electron chi connectivity index (χ4n) is 9.36. The summed E-state index contributed by atoms with van der Waals surface area (Å²) >= 11 is 0. The minimum absolute atomic E-state index is 0.841. The van der Waals surface area contributed by atoms with E-state index in [-0.39, 0.29) is 0 Å². The molecule has 0 unspecified atom stereocenters. The van der Waals surface area contributed by atoms with E-state index in [1.165, 1.54) is 11.1 Å². The minimum atomic E-state index is 0.841. The van der Waals surface area contributed by atoms with Crippen LogP contribution in [0.4, 0.5) is 34.1 Å². The molecule has 0 amide bonds. The molecule has 2 aromatic heterocycles. The topological polar surface area (TPSA) is 32.8 Å². The van der Waals surface area contributed by atoms with Gasteiger partial charge < -0.3 is 18.6 Å². The third kappa shape index (κ3) is 6.40. The molecule has 10 aromatic carbocycles. The van der Waals surface area contributed by atoms with Gasteiger partial charge in [0.2, 0.25) is 0 Å². The maximum absolute atomic E-state index is 6.51. The molecule has 0 saturated heterocycles. The number of fused-ring (bicyclic) bond motifs is 6. The molecule has 0 fully saturated rings. The first-order valence-corrected chi connectivity index (χ1v) is 21.7. The highest BCUT2D eigenvalue weighted by Gasteiger charge is 2.26. The Bertz CT molecular complexity index is 3370. The van der Waals surface area contributed by atoms with E-state index in [1.54, 1.807) is 0 Å². The van der Waals surface area contributed by atoms with Gasteiger partial charge in [-0.25, -0.2) is 0 Å². The Balaban J connectivity index is 1.09. The second-order valence-corrected chi connectivity index (χ2v) is 16.0. The van der Waals surface area contributed by atoms with E-state index in [0.717, 1.165) is 100 Å². The van der Waals surface area contributed by atoms with Crippen LogP contribution >= 0.6 is 0 Å². The van der Waals surface area contributed by atoms with Crippen LogP contribution in [0.1, 0.15) is 0 Å². The fraction of sp³-hybridized carbons (Fsp3) is 0. The van der Waals surface area contributed by atoms with Crippen molar-refractivity contribution in [1.29, 1.82) is 0 Å². The summed E-state index contributed by atoms with van der Waals surface area (Å²) in [5.41, 5.74) is 16.4. The molecule has 0 aliphatic rings. The van der Waals surface area contributed by atoms with Gasteiger partial charge in [-0.15, -0.1) is 0 Å². The highest BCUT2D eigenvalue weighted by atomic mass is 16.3. The van der Waals surface area contributed by atoms with Crippen LogP contribution in [0.3, 0.4) is 0 Å². The number of para-hydroxylation sites is 4. The number of rotatable bonds is 9. The average Bonchev–Trinajstić information content (AvgIpc) is 3.95. The lowest BCUT2D eigenvalue weighted by Gasteiger charge is -2.31. The largest absolute Gasteiger partial charge is 0.456 e. The van der Waals surface area contributed by atoms with Crippen molar-refractivity contribution in [3.63, 3.8) is 0 Å². The van der Waals surface area contributed by atoms with E-state index >= 15 is 0 Å². The number of nitrogens with zero attached hydrogens (tertiary/aromatic N) is 2. The summed E-state index contributed by atoms with van der Waals surface area (Å²) in [5.74, 6) is 0. The predicted molar refractivity (Wildman–Crippen MR) is 267 cm³/mol. The van der Waals surface area contributed by atoms with Gasteiger partial charge in [0, 0.05) is 33.3 Å². The maximum Gasteiger partial charge on any atom is 0.137 e. The maximum atomic E-state index is 6.51. The van der Waals surface area contributed by atoms with Crippen molar-refractivity contribution in [2.75, 3.05) is 9.80 Å². The zero-order valence-electron chi connectivity index (χ0n) is 34.8. The molecule has 0 saturated carbocycles. The van der Waals surface area contributed by atoms with Crippen LogP contribution in [-0.4, -0.2) is 0 Å². The summed E-state index contributed by atoms with van der Waals surface area (Å²) in [4.78, 5) is 4.79. The summed E-state index contributed by atoms with van der Waals surface area (Å²) < 4.78 is 13.0. The Morgan fingerprint density at radius 2 is 0.562 bits per heavy atom. The fourth-order valence-corrected chi connectivity index (χ4v) is 9.36. The van der Waals surface area contributed by atoms with Crippen LogP contribution in [0.25, 0.3) is 77.3 Å². The van der Waals surface area contributed by atoms with Gasteiger partial charge in [-0.3, -0.25) is 0 Å². The zero-order valence-corrected chi connectivity index (χ0v) is 34.8. The van der Waals surface area contributed by atoms with Crippen LogP contribution in [0.15, 0.2) is 251 Å². The number of hydrogen-bond donors (Lipinski definition) is 0. The average molecular weight is 821 g/mol. The van der Waals surface area contributed by atoms with Crippen molar-refractivity contribution in [1.82, 2.24) is 0 Å². The Labute approximate surface area is 371 Å². The normalized spacial score (nSPS) is 11.4. The lowest BCUT2D eigenvalue weighted by molar-refractivity contribution is 0.668.